The van der Waals surface area contributed by atoms with Crippen molar-refractivity contribution in [3.63, 3.8) is 0 Å². The number of nitrogens with zero attached hydrogens (tertiary/aromatic N) is 2. The van der Waals surface area contributed by atoms with E-state index in [1.165, 1.54) is 32.4 Å². The number of aromatic amines is 1. The largest absolute Gasteiger partial charge is 0.367 e. The van der Waals surface area contributed by atoms with Gasteiger partial charge in [0.05, 0.1) is 0 Å². The molecule has 2 fully saturated rings. The van der Waals surface area contributed by atoms with E-state index in [9.17, 15) is 4.79 Å². The van der Waals surface area contributed by atoms with E-state index in [0.717, 1.165) is 24.1 Å². The molecular weight excluding hydrogens is 252 g/mol. The van der Waals surface area contributed by atoms with Crippen LogP contribution < -0.4 is 10.9 Å². The molecule has 0 aliphatic carbocycles. The van der Waals surface area contributed by atoms with Gasteiger partial charge in [0, 0.05) is 30.6 Å². The Morgan fingerprint density at radius 3 is 3.05 bits per heavy atom. The molecule has 0 saturated carbocycles. The van der Waals surface area contributed by atoms with Crippen molar-refractivity contribution < 1.29 is 0 Å². The number of anilines is 1. The second-order valence-electron chi connectivity index (χ2n) is 6.37. The van der Waals surface area contributed by atoms with Gasteiger partial charge in [0.1, 0.15) is 11.6 Å². The van der Waals surface area contributed by atoms with Crippen LogP contribution in [0.2, 0.25) is 0 Å². The van der Waals surface area contributed by atoms with E-state index < -0.39 is 0 Å². The van der Waals surface area contributed by atoms with Crippen molar-refractivity contribution in [2.75, 3.05) is 18.4 Å². The van der Waals surface area contributed by atoms with Crippen molar-refractivity contribution in [1.29, 1.82) is 0 Å². The first-order chi connectivity index (χ1) is 9.61. The molecule has 1 aromatic rings. The predicted octanol–water partition coefficient (Wildman–Crippen LogP) is 1.93. The number of hydrogen-bond acceptors (Lipinski definition) is 4. The number of fused-ring (bicyclic) bond motifs is 1. The molecule has 3 rings (SSSR count). The van der Waals surface area contributed by atoms with E-state index in [0.29, 0.717) is 6.04 Å². The summed E-state index contributed by atoms with van der Waals surface area (Å²) in [7, 11) is 0. The van der Waals surface area contributed by atoms with Gasteiger partial charge in [-0.2, -0.15) is 0 Å². The fraction of sp³-hybridized carbons (Fsp3) is 0.733. The second-order valence-corrected chi connectivity index (χ2v) is 6.37. The predicted molar refractivity (Wildman–Crippen MR) is 80.2 cm³/mol. The third-order valence-electron chi connectivity index (χ3n) is 4.48. The number of nitrogens with one attached hydrogen (secondary N) is 2. The van der Waals surface area contributed by atoms with Gasteiger partial charge in [0.2, 0.25) is 0 Å². The maximum Gasteiger partial charge on any atom is 0.252 e. The maximum atomic E-state index is 11.7. The smallest absolute Gasteiger partial charge is 0.252 e. The van der Waals surface area contributed by atoms with Crippen LogP contribution in [0.1, 0.15) is 51.3 Å². The van der Waals surface area contributed by atoms with Gasteiger partial charge < -0.3 is 15.2 Å². The molecule has 5 nitrogen and oxygen atoms in total. The average Bonchev–Trinajstić information content (AvgIpc) is 2.85. The molecule has 2 aliphatic heterocycles. The van der Waals surface area contributed by atoms with Crippen LogP contribution in [0, 0.1) is 0 Å². The zero-order chi connectivity index (χ0) is 14.1. The molecule has 2 aliphatic rings. The summed E-state index contributed by atoms with van der Waals surface area (Å²) in [6, 6.07) is 2.75. The quantitative estimate of drug-likeness (QED) is 0.885. The van der Waals surface area contributed by atoms with Crippen LogP contribution in [-0.2, 0) is 0 Å². The molecular formula is C15H24N4O. The van der Waals surface area contributed by atoms with Gasteiger partial charge in [-0.15, -0.1) is 0 Å². The van der Waals surface area contributed by atoms with Gasteiger partial charge in [-0.25, -0.2) is 4.98 Å². The Morgan fingerprint density at radius 1 is 1.40 bits per heavy atom. The van der Waals surface area contributed by atoms with Gasteiger partial charge in [0.25, 0.3) is 5.56 Å². The van der Waals surface area contributed by atoms with Gasteiger partial charge in [0.15, 0.2) is 0 Å². The first-order valence-corrected chi connectivity index (χ1v) is 7.73. The number of piperidine rings is 1. The Kier molecular flexibility index (Phi) is 3.78. The van der Waals surface area contributed by atoms with E-state index in [4.69, 9.17) is 0 Å². The van der Waals surface area contributed by atoms with Crippen molar-refractivity contribution in [2.24, 2.45) is 0 Å². The highest BCUT2D eigenvalue weighted by molar-refractivity contribution is 5.35. The lowest BCUT2D eigenvalue weighted by Gasteiger charge is -2.35. The molecule has 110 valence electrons. The molecule has 0 spiro atoms. The molecule has 0 radical (unpaired) electrons. The van der Waals surface area contributed by atoms with Crippen LogP contribution in [0.25, 0.3) is 0 Å². The summed E-state index contributed by atoms with van der Waals surface area (Å²) in [5.41, 5.74) is -0.0653. The number of aromatic nitrogens is 2. The van der Waals surface area contributed by atoms with Crippen LogP contribution in [-0.4, -0.2) is 40.0 Å². The Hall–Kier alpha value is -1.36. The Morgan fingerprint density at radius 2 is 2.25 bits per heavy atom. The average molecular weight is 276 g/mol. The van der Waals surface area contributed by atoms with E-state index in [1.54, 1.807) is 6.07 Å². The van der Waals surface area contributed by atoms with E-state index in [1.807, 2.05) is 13.8 Å². The van der Waals surface area contributed by atoms with E-state index >= 15 is 0 Å². The Labute approximate surface area is 119 Å². The molecule has 0 aromatic carbocycles. The first-order valence-electron chi connectivity index (χ1n) is 7.73. The van der Waals surface area contributed by atoms with Crippen molar-refractivity contribution in [3.05, 3.63) is 22.2 Å². The highest BCUT2D eigenvalue weighted by atomic mass is 16.1. The van der Waals surface area contributed by atoms with Crippen LogP contribution in [0.5, 0.6) is 0 Å². The van der Waals surface area contributed by atoms with Crippen LogP contribution in [0.3, 0.4) is 0 Å². The highest BCUT2D eigenvalue weighted by Crippen LogP contribution is 2.28. The molecule has 2 atom stereocenters. The molecule has 1 aromatic heterocycles. The number of hydrogen-bond donors (Lipinski definition) is 2. The Bertz CT molecular complexity index is 525. The zero-order valence-electron chi connectivity index (χ0n) is 12.4. The molecule has 2 N–H and O–H groups in total. The third kappa shape index (κ3) is 2.87. The monoisotopic (exact) mass is 276 g/mol. The summed E-state index contributed by atoms with van der Waals surface area (Å²) < 4.78 is 0. The van der Waals surface area contributed by atoms with Gasteiger partial charge in [-0.3, -0.25) is 4.79 Å². The first kappa shape index (κ1) is 13.6. The normalized spacial score (nSPS) is 26.8. The third-order valence-corrected chi connectivity index (χ3v) is 4.48. The fourth-order valence-electron chi connectivity index (χ4n) is 3.39. The molecule has 2 unspecified atom stereocenters. The Balaban J connectivity index is 1.70. The maximum absolute atomic E-state index is 11.7. The van der Waals surface area contributed by atoms with Crippen molar-refractivity contribution in [2.45, 2.75) is 57.5 Å². The van der Waals surface area contributed by atoms with Crippen LogP contribution in [0.15, 0.2) is 10.9 Å². The number of rotatable bonds is 3. The van der Waals surface area contributed by atoms with Gasteiger partial charge in [-0.05, 0) is 32.2 Å². The van der Waals surface area contributed by atoms with Gasteiger partial charge in [-0.1, -0.05) is 13.8 Å². The summed E-state index contributed by atoms with van der Waals surface area (Å²) in [5, 5.41) is 3.47. The minimum absolute atomic E-state index is 0.0653. The minimum Gasteiger partial charge on any atom is -0.367 e. The van der Waals surface area contributed by atoms with Gasteiger partial charge >= 0.3 is 0 Å². The minimum atomic E-state index is -0.0653. The second kappa shape index (κ2) is 5.56. The zero-order valence-corrected chi connectivity index (χ0v) is 12.4. The van der Waals surface area contributed by atoms with Crippen LogP contribution in [0.4, 0.5) is 5.82 Å². The standard InChI is InChI=1S/C15H24N4O/c1-10(2)15-17-13(9-14(20)18-15)16-11-5-7-19-6-3-4-12(19)8-11/h9-12H,3-8H2,1-2H3,(H2,16,17,18,20). The van der Waals surface area contributed by atoms with Crippen molar-refractivity contribution >= 4 is 5.82 Å². The topological polar surface area (TPSA) is 61.0 Å². The van der Waals surface area contributed by atoms with E-state index in [-0.39, 0.29) is 11.5 Å². The highest BCUT2D eigenvalue weighted by Gasteiger charge is 2.31. The number of H-pyrrole nitrogens is 1. The van der Waals surface area contributed by atoms with E-state index in [2.05, 4.69) is 20.2 Å². The molecule has 0 bridgehead atoms. The lowest BCUT2D eigenvalue weighted by atomic mass is 9.97. The lowest BCUT2D eigenvalue weighted by molar-refractivity contribution is 0.188. The summed E-state index contributed by atoms with van der Waals surface area (Å²) in [4.78, 5) is 21.6. The molecule has 5 heteroatoms. The molecule has 20 heavy (non-hydrogen) atoms. The van der Waals surface area contributed by atoms with Crippen molar-refractivity contribution in [3.8, 4) is 0 Å². The van der Waals surface area contributed by atoms with Crippen LogP contribution >= 0.6 is 0 Å². The van der Waals surface area contributed by atoms with Crippen molar-refractivity contribution in [1.82, 2.24) is 14.9 Å². The summed E-state index contributed by atoms with van der Waals surface area (Å²) in [6.07, 6.45) is 4.96. The molecule has 0 amide bonds. The summed E-state index contributed by atoms with van der Waals surface area (Å²) in [6.45, 7) is 6.51. The summed E-state index contributed by atoms with van der Waals surface area (Å²) >= 11 is 0. The molecule has 3 heterocycles. The summed E-state index contributed by atoms with van der Waals surface area (Å²) in [5.74, 6) is 1.73. The molecule has 2 saturated heterocycles. The lowest BCUT2D eigenvalue weighted by Crippen LogP contribution is -2.43. The SMILES string of the molecule is CC(C)c1nc(NC2CCN3CCCC3C2)cc(=O)[nH]1. The fourth-order valence-corrected chi connectivity index (χ4v) is 3.39.